The van der Waals surface area contributed by atoms with Crippen LogP contribution in [0.1, 0.15) is 16.1 Å². The Balaban J connectivity index is 2.18. The van der Waals surface area contributed by atoms with Crippen molar-refractivity contribution in [3.63, 3.8) is 0 Å². The summed E-state index contributed by atoms with van der Waals surface area (Å²) in [6.07, 6.45) is 1.34. The van der Waals surface area contributed by atoms with Crippen LogP contribution in [0.25, 0.3) is 11.5 Å². The van der Waals surface area contributed by atoms with Gasteiger partial charge >= 0.3 is 11.7 Å². The van der Waals surface area contributed by atoms with Gasteiger partial charge in [-0.15, -0.1) is 5.10 Å². The van der Waals surface area contributed by atoms with Crippen LogP contribution < -0.4 is 5.69 Å². The fraction of sp³-hybridized carbons (Fsp3) is 0.100. The summed E-state index contributed by atoms with van der Waals surface area (Å²) in [6.45, 7) is 1.59. The molecule has 3 aromatic rings. The molecule has 0 aromatic carbocycles. The number of aromatic amines is 1. The van der Waals surface area contributed by atoms with E-state index in [-0.39, 0.29) is 5.56 Å². The van der Waals surface area contributed by atoms with Crippen LogP contribution in [0.4, 0.5) is 0 Å². The van der Waals surface area contributed by atoms with Gasteiger partial charge in [0.25, 0.3) is 0 Å². The Morgan fingerprint density at radius 1 is 1.37 bits per heavy atom. The Hall–Kier alpha value is -2.97. The Bertz CT molecular complexity index is 842. The largest absolute Gasteiger partial charge is 0.478 e. The van der Waals surface area contributed by atoms with Gasteiger partial charge < -0.3 is 5.11 Å². The molecule has 0 saturated carbocycles. The van der Waals surface area contributed by atoms with E-state index in [1.54, 1.807) is 19.1 Å². The second-order valence-corrected chi connectivity index (χ2v) is 3.87. The minimum Gasteiger partial charge on any atom is -0.478 e. The first kappa shape index (κ1) is 11.1. The van der Waals surface area contributed by atoms with Crippen molar-refractivity contribution in [3.05, 3.63) is 40.1 Å². The van der Waals surface area contributed by atoms with Crippen molar-refractivity contribution < 1.29 is 9.90 Å². The zero-order valence-electron chi connectivity index (χ0n) is 9.73. The maximum Gasteiger partial charge on any atom is 0.364 e. The lowest BCUT2D eigenvalue weighted by molar-refractivity contribution is 0.0696. The summed E-state index contributed by atoms with van der Waals surface area (Å²) >= 11 is 0. The number of H-pyrrole nitrogens is 1. The highest BCUT2D eigenvalue weighted by molar-refractivity contribution is 5.88. The maximum atomic E-state index is 11.4. The second-order valence-electron chi connectivity index (χ2n) is 3.87. The predicted molar refractivity (Wildman–Crippen MR) is 62.4 cm³/mol. The SMILES string of the molecule is Cc1nn(-c2ccc3n[nH]c(=O)n3n2)cc1C(=O)O. The fourth-order valence-electron chi connectivity index (χ4n) is 1.70. The number of aryl methyl sites for hydroxylation is 1. The third kappa shape index (κ3) is 1.68. The van der Waals surface area contributed by atoms with Crippen molar-refractivity contribution in [2.24, 2.45) is 0 Å². The Kier molecular flexibility index (Phi) is 2.21. The quantitative estimate of drug-likeness (QED) is 0.647. The molecule has 9 heteroatoms. The van der Waals surface area contributed by atoms with E-state index in [4.69, 9.17) is 5.11 Å². The van der Waals surface area contributed by atoms with Crippen LogP contribution in [-0.4, -0.2) is 40.7 Å². The van der Waals surface area contributed by atoms with Crippen LogP contribution in [-0.2, 0) is 0 Å². The van der Waals surface area contributed by atoms with Crippen LogP contribution in [0.5, 0.6) is 0 Å². The van der Waals surface area contributed by atoms with E-state index in [0.29, 0.717) is 17.2 Å². The maximum absolute atomic E-state index is 11.4. The van der Waals surface area contributed by atoms with Gasteiger partial charge in [-0.05, 0) is 19.1 Å². The average molecular weight is 260 g/mol. The lowest BCUT2D eigenvalue weighted by Crippen LogP contribution is -2.14. The van der Waals surface area contributed by atoms with Crippen LogP contribution >= 0.6 is 0 Å². The number of hydrogen-bond acceptors (Lipinski definition) is 5. The summed E-state index contributed by atoms with van der Waals surface area (Å²) in [7, 11) is 0. The topological polar surface area (TPSA) is 118 Å². The molecule has 0 aliphatic rings. The molecule has 0 radical (unpaired) electrons. The van der Waals surface area contributed by atoms with Crippen molar-refractivity contribution >= 4 is 11.6 Å². The number of aromatic nitrogens is 6. The van der Waals surface area contributed by atoms with Gasteiger partial charge in [-0.25, -0.2) is 19.4 Å². The summed E-state index contributed by atoms with van der Waals surface area (Å²) in [6, 6.07) is 3.17. The number of carbonyl (C=O) groups is 1. The van der Waals surface area contributed by atoms with E-state index in [9.17, 15) is 9.59 Å². The number of rotatable bonds is 2. The van der Waals surface area contributed by atoms with E-state index in [2.05, 4.69) is 20.4 Å². The lowest BCUT2D eigenvalue weighted by Gasteiger charge is -1.99. The summed E-state index contributed by atoms with van der Waals surface area (Å²) in [5.74, 6) is -0.739. The van der Waals surface area contributed by atoms with Gasteiger partial charge in [-0.3, -0.25) is 0 Å². The Labute approximate surface area is 105 Å². The monoisotopic (exact) mass is 260 g/mol. The van der Waals surface area contributed by atoms with Gasteiger partial charge in [0.1, 0.15) is 5.56 Å². The zero-order chi connectivity index (χ0) is 13.6. The third-order valence-corrected chi connectivity index (χ3v) is 2.62. The van der Waals surface area contributed by atoms with Gasteiger partial charge in [0.15, 0.2) is 11.5 Å². The first-order valence-electron chi connectivity index (χ1n) is 5.30. The number of carboxylic acids is 1. The molecular weight excluding hydrogens is 252 g/mol. The van der Waals surface area contributed by atoms with Gasteiger partial charge in [-0.2, -0.15) is 14.7 Å². The number of aromatic carboxylic acids is 1. The first-order chi connectivity index (χ1) is 9.06. The molecule has 0 unspecified atom stereocenters. The number of nitrogens with zero attached hydrogens (tertiary/aromatic N) is 5. The van der Waals surface area contributed by atoms with Crippen LogP contribution in [0.3, 0.4) is 0 Å². The van der Waals surface area contributed by atoms with Crippen LogP contribution in [0.2, 0.25) is 0 Å². The van der Waals surface area contributed by atoms with Gasteiger partial charge in [0.2, 0.25) is 0 Å². The molecule has 2 N–H and O–H groups in total. The minimum absolute atomic E-state index is 0.0847. The molecule has 0 atom stereocenters. The summed E-state index contributed by atoms with van der Waals surface area (Å²) < 4.78 is 2.38. The standard InChI is InChI=1S/C10H8N6O3/c1-5-6(9(17)18)4-15(13-5)8-3-2-7-11-12-10(19)16(7)14-8/h2-4H,1H3,(H,12,19)(H,17,18). The van der Waals surface area contributed by atoms with E-state index in [1.165, 1.54) is 10.9 Å². The second kappa shape index (κ2) is 3.77. The molecule has 0 aliphatic carbocycles. The molecule has 0 saturated heterocycles. The number of carboxylic acid groups (broad SMARTS) is 1. The third-order valence-electron chi connectivity index (χ3n) is 2.62. The highest BCUT2D eigenvalue weighted by Gasteiger charge is 2.13. The molecule has 0 fully saturated rings. The van der Waals surface area contributed by atoms with Gasteiger partial charge in [0, 0.05) is 6.20 Å². The molecule has 0 aliphatic heterocycles. The molecule has 3 aromatic heterocycles. The van der Waals surface area contributed by atoms with Crippen molar-refractivity contribution in [1.82, 2.24) is 29.6 Å². The van der Waals surface area contributed by atoms with Crippen molar-refractivity contribution in [1.29, 1.82) is 0 Å². The molecule has 3 heterocycles. The molecule has 3 rings (SSSR count). The molecule has 96 valence electrons. The fourth-order valence-corrected chi connectivity index (χ4v) is 1.70. The van der Waals surface area contributed by atoms with E-state index < -0.39 is 11.7 Å². The van der Waals surface area contributed by atoms with E-state index in [1.807, 2.05) is 0 Å². The normalized spacial score (nSPS) is 11.0. The molecule has 0 bridgehead atoms. The number of nitrogens with one attached hydrogen (secondary N) is 1. The summed E-state index contributed by atoms with van der Waals surface area (Å²) in [4.78, 5) is 22.3. The van der Waals surface area contributed by atoms with Crippen LogP contribution in [0, 0.1) is 6.92 Å². The minimum atomic E-state index is -1.06. The van der Waals surface area contributed by atoms with Gasteiger partial charge in [0.05, 0.1) is 5.69 Å². The number of hydrogen-bond donors (Lipinski definition) is 2. The summed E-state index contributed by atoms with van der Waals surface area (Å²) in [5.41, 5.74) is 0.352. The molecule has 19 heavy (non-hydrogen) atoms. The average Bonchev–Trinajstić information content (AvgIpc) is 2.93. The molecule has 9 nitrogen and oxygen atoms in total. The van der Waals surface area contributed by atoms with Crippen LogP contribution in [0.15, 0.2) is 23.1 Å². The molecule has 0 spiro atoms. The highest BCUT2D eigenvalue weighted by Crippen LogP contribution is 2.10. The van der Waals surface area contributed by atoms with Crippen molar-refractivity contribution in [2.75, 3.05) is 0 Å². The molecule has 0 amide bonds. The Morgan fingerprint density at radius 2 is 2.16 bits per heavy atom. The Morgan fingerprint density at radius 3 is 2.84 bits per heavy atom. The zero-order valence-corrected chi connectivity index (χ0v) is 9.73. The predicted octanol–water partition coefficient (Wildman–Crippen LogP) is -0.390. The number of fused-ring (bicyclic) bond motifs is 1. The first-order valence-corrected chi connectivity index (χ1v) is 5.30. The van der Waals surface area contributed by atoms with Crippen molar-refractivity contribution in [3.8, 4) is 5.82 Å². The van der Waals surface area contributed by atoms with E-state index in [0.717, 1.165) is 4.52 Å². The summed E-state index contributed by atoms with van der Waals surface area (Å²) in [5, 5.41) is 23.1. The lowest BCUT2D eigenvalue weighted by atomic mass is 10.3. The molecular formula is C10H8N6O3. The highest BCUT2D eigenvalue weighted by atomic mass is 16.4. The van der Waals surface area contributed by atoms with E-state index >= 15 is 0 Å². The van der Waals surface area contributed by atoms with Gasteiger partial charge in [-0.1, -0.05) is 0 Å². The smallest absolute Gasteiger partial charge is 0.364 e. The van der Waals surface area contributed by atoms with Crippen molar-refractivity contribution in [2.45, 2.75) is 6.92 Å².